The van der Waals surface area contributed by atoms with E-state index in [4.69, 9.17) is 32.7 Å². The summed E-state index contributed by atoms with van der Waals surface area (Å²) in [5, 5.41) is 0. The number of ether oxygens (including phenoxy) is 2. The number of fused-ring (bicyclic) bond motifs is 2. The van der Waals surface area contributed by atoms with Crippen molar-refractivity contribution in [3.05, 3.63) is 102 Å². The first-order chi connectivity index (χ1) is 20.0. The van der Waals surface area contributed by atoms with Crippen LogP contribution in [-0.2, 0) is 19.9 Å². The first-order valence-corrected chi connectivity index (χ1v) is 15.6. The number of anilines is 1. The van der Waals surface area contributed by atoms with Crippen LogP contribution in [-0.4, -0.2) is 60.2 Å². The zero-order chi connectivity index (χ0) is 30.5. The summed E-state index contributed by atoms with van der Waals surface area (Å²) in [7, 11) is -2.38. The van der Waals surface area contributed by atoms with Crippen molar-refractivity contribution in [2.45, 2.75) is 69.7 Å². The highest BCUT2D eigenvalue weighted by molar-refractivity contribution is 7.79. The van der Waals surface area contributed by atoms with Crippen LogP contribution in [0.15, 0.2) is 84.9 Å². The lowest BCUT2D eigenvalue weighted by Gasteiger charge is -2.38. The van der Waals surface area contributed by atoms with Gasteiger partial charge in [0.15, 0.2) is 0 Å². The van der Waals surface area contributed by atoms with E-state index in [0.29, 0.717) is 36.0 Å². The quantitative estimate of drug-likeness (QED) is 0.123. The third-order valence-corrected chi connectivity index (χ3v) is 7.47. The molecule has 2 atom stereocenters. The van der Waals surface area contributed by atoms with Gasteiger partial charge in [-0.1, -0.05) is 74.0 Å². The molecular formula is C32H42N2O7S. The predicted molar refractivity (Wildman–Crippen MR) is 164 cm³/mol. The minimum Gasteiger partial charge on any atom is -0.462 e. The Morgan fingerprint density at radius 3 is 1.83 bits per heavy atom. The van der Waals surface area contributed by atoms with Crippen LogP contribution in [0.5, 0.6) is 0 Å². The SMILES string of the molecule is CCCCOC(=O)c1ccc(N)cc1.CN1C2CCC1CC(OC(c1ccccc1)c1ccccc1)C2.O=S(=O)(O)O. The van der Waals surface area contributed by atoms with Crippen LogP contribution in [0.3, 0.4) is 0 Å². The number of hydrogen-bond acceptors (Lipinski definition) is 7. The van der Waals surface area contributed by atoms with E-state index in [2.05, 4.69) is 79.5 Å². The number of nitrogens with zero attached hydrogens (tertiary/aromatic N) is 1. The van der Waals surface area contributed by atoms with Crippen molar-refractivity contribution in [3.8, 4) is 0 Å². The van der Waals surface area contributed by atoms with Crippen LogP contribution in [0.25, 0.3) is 0 Å². The van der Waals surface area contributed by atoms with E-state index in [1.54, 1.807) is 24.3 Å². The molecule has 2 heterocycles. The van der Waals surface area contributed by atoms with Crippen molar-refractivity contribution in [3.63, 3.8) is 0 Å². The van der Waals surface area contributed by atoms with Crippen LogP contribution >= 0.6 is 0 Å². The molecule has 0 aliphatic carbocycles. The van der Waals surface area contributed by atoms with Crippen LogP contribution in [0.1, 0.15) is 73.0 Å². The van der Waals surface area contributed by atoms with E-state index in [9.17, 15) is 4.79 Å². The Kier molecular flexibility index (Phi) is 13.0. The fourth-order valence-electron chi connectivity index (χ4n) is 5.28. The lowest BCUT2D eigenvalue weighted by molar-refractivity contribution is -0.0426. The van der Waals surface area contributed by atoms with Gasteiger partial charge in [0.2, 0.25) is 0 Å². The molecule has 5 rings (SSSR count). The molecule has 2 aliphatic rings. The summed E-state index contributed by atoms with van der Waals surface area (Å²) in [6.07, 6.45) is 7.35. The molecule has 0 amide bonds. The molecule has 3 aromatic rings. The van der Waals surface area contributed by atoms with E-state index < -0.39 is 10.4 Å². The summed E-state index contributed by atoms with van der Waals surface area (Å²) in [4.78, 5) is 13.9. The molecule has 0 spiro atoms. The summed E-state index contributed by atoms with van der Waals surface area (Å²) >= 11 is 0. The van der Waals surface area contributed by atoms with Crippen LogP contribution in [0, 0.1) is 0 Å². The lowest BCUT2D eigenvalue weighted by Crippen LogP contribution is -2.43. The summed E-state index contributed by atoms with van der Waals surface area (Å²) in [5.74, 6) is -0.279. The third kappa shape index (κ3) is 11.2. The summed E-state index contributed by atoms with van der Waals surface area (Å²) < 4.78 is 43.3. The van der Waals surface area contributed by atoms with Crippen molar-refractivity contribution in [2.24, 2.45) is 0 Å². The molecule has 2 saturated heterocycles. The number of carbonyl (C=O) groups excluding carboxylic acids is 1. The number of hydrogen-bond donors (Lipinski definition) is 3. The van der Waals surface area contributed by atoms with Gasteiger partial charge in [-0.2, -0.15) is 8.42 Å². The molecule has 0 radical (unpaired) electrons. The number of nitrogens with two attached hydrogens (primary N) is 1. The standard InChI is InChI=1S/C21H25NO.C11H15NO2.H2O4S/c1-22-18-12-13-19(22)15-20(14-18)23-21(16-8-4-2-5-9-16)17-10-6-3-7-11-17;1-2-3-8-14-11(13)9-4-6-10(12)7-5-9;1-5(2,3)4/h2-11,18-21H,12-15H2,1H3;4-7H,2-3,8,12H2,1H3;(H2,1,2,3,4). The minimum atomic E-state index is -4.67. The Morgan fingerprint density at radius 2 is 1.38 bits per heavy atom. The molecule has 42 heavy (non-hydrogen) atoms. The molecule has 0 saturated carbocycles. The van der Waals surface area contributed by atoms with Crippen LogP contribution in [0.2, 0.25) is 0 Å². The topological polar surface area (TPSA) is 139 Å². The van der Waals surface area contributed by atoms with Gasteiger partial charge in [-0.15, -0.1) is 0 Å². The van der Waals surface area contributed by atoms with Gasteiger partial charge in [0.25, 0.3) is 0 Å². The number of benzene rings is 3. The maximum Gasteiger partial charge on any atom is 0.394 e. The highest BCUT2D eigenvalue weighted by Gasteiger charge is 2.39. The summed E-state index contributed by atoms with van der Waals surface area (Å²) in [6, 6.07) is 29.4. The summed E-state index contributed by atoms with van der Waals surface area (Å²) in [5.41, 5.74) is 9.21. The number of rotatable bonds is 8. The molecule has 4 N–H and O–H groups in total. The first-order valence-electron chi connectivity index (χ1n) is 14.2. The maximum absolute atomic E-state index is 11.4. The molecule has 2 aliphatic heterocycles. The maximum atomic E-state index is 11.4. The van der Waals surface area contributed by atoms with Gasteiger partial charge in [-0.05, 0) is 74.5 Å². The molecule has 2 fully saturated rings. The fraction of sp³-hybridized carbons (Fsp3) is 0.406. The van der Waals surface area contributed by atoms with Gasteiger partial charge >= 0.3 is 16.4 Å². The number of carbonyl (C=O) groups is 1. The smallest absolute Gasteiger partial charge is 0.394 e. The second-order valence-corrected chi connectivity index (χ2v) is 11.4. The highest BCUT2D eigenvalue weighted by Crippen LogP contribution is 2.38. The van der Waals surface area contributed by atoms with Crippen molar-refractivity contribution in [1.29, 1.82) is 0 Å². The highest BCUT2D eigenvalue weighted by atomic mass is 32.3. The summed E-state index contributed by atoms with van der Waals surface area (Å²) in [6.45, 7) is 2.54. The molecule has 2 unspecified atom stereocenters. The predicted octanol–water partition coefficient (Wildman–Crippen LogP) is 5.99. The fourth-order valence-corrected chi connectivity index (χ4v) is 5.28. The Hall–Kier alpha value is -3.28. The van der Waals surface area contributed by atoms with Gasteiger partial charge in [0.05, 0.1) is 18.3 Å². The van der Waals surface area contributed by atoms with E-state index >= 15 is 0 Å². The van der Waals surface area contributed by atoms with Crippen LogP contribution in [0.4, 0.5) is 5.69 Å². The second kappa shape index (κ2) is 16.4. The number of esters is 1. The van der Waals surface area contributed by atoms with E-state index in [0.717, 1.165) is 12.8 Å². The average Bonchev–Trinajstić information content (AvgIpc) is 3.16. The Morgan fingerprint density at radius 1 is 0.905 bits per heavy atom. The number of unbranched alkanes of at least 4 members (excludes halogenated alkanes) is 1. The Labute approximate surface area is 249 Å². The Bertz CT molecular complexity index is 1260. The second-order valence-electron chi connectivity index (χ2n) is 10.5. The van der Waals surface area contributed by atoms with Gasteiger partial charge in [-0.25, -0.2) is 4.79 Å². The normalized spacial score (nSPS) is 19.7. The Balaban J connectivity index is 0.000000217. The van der Waals surface area contributed by atoms with Gasteiger partial charge < -0.3 is 20.1 Å². The monoisotopic (exact) mass is 598 g/mol. The molecule has 9 nitrogen and oxygen atoms in total. The van der Waals surface area contributed by atoms with E-state index in [1.807, 2.05) is 0 Å². The van der Waals surface area contributed by atoms with E-state index in [1.165, 1.54) is 36.8 Å². The van der Waals surface area contributed by atoms with Crippen molar-refractivity contribution in [2.75, 3.05) is 19.4 Å². The average molecular weight is 599 g/mol. The molecule has 2 bridgehead atoms. The molecular weight excluding hydrogens is 556 g/mol. The molecule has 0 aromatic heterocycles. The zero-order valence-corrected chi connectivity index (χ0v) is 25.0. The first kappa shape index (κ1) is 33.2. The van der Waals surface area contributed by atoms with Gasteiger partial charge in [0, 0.05) is 17.8 Å². The van der Waals surface area contributed by atoms with Crippen molar-refractivity contribution < 1.29 is 31.8 Å². The minimum absolute atomic E-state index is 0.0465. The van der Waals surface area contributed by atoms with Crippen LogP contribution < -0.4 is 5.73 Å². The van der Waals surface area contributed by atoms with Crippen molar-refractivity contribution >= 4 is 22.1 Å². The zero-order valence-electron chi connectivity index (χ0n) is 24.2. The van der Waals surface area contributed by atoms with Gasteiger partial charge in [0.1, 0.15) is 6.10 Å². The molecule has 228 valence electrons. The van der Waals surface area contributed by atoms with E-state index in [-0.39, 0.29) is 12.1 Å². The molecule has 3 aromatic carbocycles. The number of piperidine rings is 1. The van der Waals surface area contributed by atoms with Crippen molar-refractivity contribution in [1.82, 2.24) is 4.90 Å². The molecule has 10 heteroatoms. The van der Waals surface area contributed by atoms with Gasteiger partial charge in [-0.3, -0.25) is 9.11 Å². The number of nitrogen functional groups attached to an aromatic ring is 1. The lowest BCUT2D eigenvalue weighted by atomic mass is 9.97. The largest absolute Gasteiger partial charge is 0.462 e. The third-order valence-electron chi connectivity index (χ3n) is 7.47.